The summed E-state index contributed by atoms with van der Waals surface area (Å²) in [4.78, 5) is 0. The van der Waals surface area contributed by atoms with Crippen LogP contribution in [0.1, 0.15) is 39.0 Å². The van der Waals surface area contributed by atoms with Crippen LogP contribution in [0.15, 0.2) is 12.2 Å². The Labute approximate surface area is 90.8 Å². The first kappa shape index (κ1) is 13.5. The summed E-state index contributed by atoms with van der Waals surface area (Å²) in [6, 6.07) is 0. The molecule has 0 bridgehead atoms. The van der Waals surface area contributed by atoms with Gasteiger partial charge in [0.25, 0.3) is 0 Å². The zero-order valence-corrected chi connectivity index (χ0v) is 11.2. The third-order valence-corrected chi connectivity index (χ3v) is 2.77. The molecule has 0 spiro atoms. The van der Waals surface area contributed by atoms with Gasteiger partial charge in [0.1, 0.15) is 8.07 Å². The van der Waals surface area contributed by atoms with Gasteiger partial charge in [0.15, 0.2) is 0 Å². The van der Waals surface area contributed by atoms with Gasteiger partial charge in [-0.25, -0.2) is 0 Å². The maximum Gasteiger partial charge on any atom is 0.129 e. The van der Waals surface area contributed by atoms with E-state index in [1.165, 1.54) is 32.1 Å². The van der Waals surface area contributed by atoms with Gasteiger partial charge in [-0.3, -0.25) is 0 Å². The summed E-state index contributed by atoms with van der Waals surface area (Å²) in [5.74, 6) is 3.15. The van der Waals surface area contributed by atoms with Gasteiger partial charge in [-0.1, -0.05) is 57.8 Å². The molecule has 0 atom stereocenters. The summed E-state index contributed by atoms with van der Waals surface area (Å²) in [5, 5.41) is 0. The molecule has 0 aliphatic heterocycles. The first-order valence-corrected chi connectivity index (χ1v) is 9.24. The summed E-state index contributed by atoms with van der Waals surface area (Å²) in [7, 11) is -1.15. The summed E-state index contributed by atoms with van der Waals surface area (Å²) in [6.07, 6.45) is 10.8. The Kier molecular flexibility index (Phi) is 7.61. The predicted molar refractivity (Wildman–Crippen MR) is 69.0 cm³/mol. The lowest BCUT2D eigenvalue weighted by atomic mass is 10.1. The van der Waals surface area contributed by atoms with Gasteiger partial charge < -0.3 is 0 Å². The second-order valence-electron chi connectivity index (χ2n) is 4.77. The number of allylic oxidation sites excluding steroid dienone is 2. The number of hydrogen-bond donors (Lipinski definition) is 0. The monoisotopic (exact) mass is 208 g/mol. The third kappa shape index (κ3) is 11.5. The molecular formula is C13H24Si. The zero-order valence-electron chi connectivity index (χ0n) is 10.2. The average molecular weight is 208 g/mol. The van der Waals surface area contributed by atoms with Crippen LogP contribution in [0, 0.1) is 11.5 Å². The minimum absolute atomic E-state index is 1.15. The molecule has 0 unspecified atom stereocenters. The standard InChI is InChI=1S/C13H24Si/c1-5-6-7-8-9-10-11-12-13-14(2,3)4/h10-11H,5-9H2,1-4H3/b11-10+. The van der Waals surface area contributed by atoms with Crippen LogP contribution in [0.3, 0.4) is 0 Å². The van der Waals surface area contributed by atoms with E-state index >= 15 is 0 Å². The fourth-order valence-corrected chi connectivity index (χ4v) is 1.61. The van der Waals surface area contributed by atoms with Crippen molar-refractivity contribution in [2.75, 3.05) is 0 Å². The van der Waals surface area contributed by atoms with E-state index in [9.17, 15) is 0 Å². The lowest BCUT2D eigenvalue weighted by Crippen LogP contribution is -2.16. The normalized spacial score (nSPS) is 11.4. The van der Waals surface area contributed by atoms with Crippen LogP contribution in [0.5, 0.6) is 0 Å². The van der Waals surface area contributed by atoms with Gasteiger partial charge in [0, 0.05) is 0 Å². The van der Waals surface area contributed by atoms with Crippen LogP contribution in [-0.2, 0) is 0 Å². The molecule has 14 heavy (non-hydrogen) atoms. The van der Waals surface area contributed by atoms with E-state index in [1.807, 2.05) is 6.08 Å². The smallest absolute Gasteiger partial charge is 0.127 e. The Balaban J connectivity index is 3.48. The molecule has 0 amide bonds. The van der Waals surface area contributed by atoms with Gasteiger partial charge in [-0.05, 0) is 18.9 Å². The van der Waals surface area contributed by atoms with E-state index < -0.39 is 8.07 Å². The fraction of sp³-hybridized carbons (Fsp3) is 0.692. The third-order valence-electron chi connectivity index (χ3n) is 1.87. The van der Waals surface area contributed by atoms with E-state index in [4.69, 9.17) is 0 Å². The highest BCUT2D eigenvalue weighted by Crippen LogP contribution is 2.02. The molecule has 0 N–H and O–H groups in total. The van der Waals surface area contributed by atoms with Crippen molar-refractivity contribution in [3.05, 3.63) is 12.2 Å². The molecular weight excluding hydrogens is 184 g/mol. The van der Waals surface area contributed by atoms with Crippen LogP contribution in [0.4, 0.5) is 0 Å². The molecule has 0 rings (SSSR count). The van der Waals surface area contributed by atoms with Gasteiger partial charge in [-0.15, -0.1) is 5.54 Å². The lowest BCUT2D eigenvalue weighted by molar-refractivity contribution is 0.674. The Hall–Kier alpha value is -0.483. The molecule has 80 valence electrons. The Bertz CT molecular complexity index is 210. The van der Waals surface area contributed by atoms with Crippen molar-refractivity contribution in [3.8, 4) is 11.5 Å². The van der Waals surface area contributed by atoms with Crippen LogP contribution in [0.2, 0.25) is 19.6 Å². The molecule has 0 aliphatic rings. The zero-order chi connectivity index (χ0) is 10.9. The highest BCUT2D eigenvalue weighted by Gasteiger charge is 2.06. The van der Waals surface area contributed by atoms with Crippen molar-refractivity contribution in [2.24, 2.45) is 0 Å². The second kappa shape index (κ2) is 7.88. The number of rotatable bonds is 5. The second-order valence-corrected chi connectivity index (χ2v) is 9.52. The summed E-state index contributed by atoms with van der Waals surface area (Å²) < 4.78 is 0. The van der Waals surface area contributed by atoms with Gasteiger partial charge in [-0.2, -0.15) is 0 Å². The maximum absolute atomic E-state index is 3.33. The first-order chi connectivity index (χ1) is 6.56. The van der Waals surface area contributed by atoms with Crippen molar-refractivity contribution in [2.45, 2.75) is 58.7 Å². The van der Waals surface area contributed by atoms with E-state index in [2.05, 4.69) is 44.1 Å². The van der Waals surface area contributed by atoms with Crippen molar-refractivity contribution in [1.82, 2.24) is 0 Å². The lowest BCUT2D eigenvalue weighted by Gasteiger charge is -2.02. The highest BCUT2D eigenvalue weighted by molar-refractivity contribution is 6.83. The molecule has 0 aromatic rings. The predicted octanol–water partition coefficient (Wildman–Crippen LogP) is 4.39. The molecule has 0 aliphatic carbocycles. The summed E-state index contributed by atoms with van der Waals surface area (Å²) in [5.41, 5.74) is 3.33. The van der Waals surface area contributed by atoms with Crippen LogP contribution in [-0.4, -0.2) is 8.07 Å². The van der Waals surface area contributed by atoms with Crippen molar-refractivity contribution >= 4 is 8.07 Å². The maximum atomic E-state index is 3.33. The fourth-order valence-electron chi connectivity index (χ4n) is 1.09. The SMILES string of the molecule is CCCCCC/C=C/C#C[Si](C)(C)C. The Morgan fingerprint density at radius 3 is 2.36 bits per heavy atom. The van der Waals surface area contributed by atoms with Crippen molar-refractivity contribution < 1.29 is 0 Å². The minimum Gasteiger partial charge on any atom is -0.127 e. The first-order valence-electron chi connectivity index (χ1n) is 5.74. The number of hydrogen-bond acceptors (Lipinski definition) is 0. The highest BCUT2D eigenvalue weighted by atomic mass is 28.3. The van der Waals surface area contributed by atoms with E-state index in [0.717, 1.165) is 0 Å². The molecule has 0 aromatic carbocycles. The largest absolute Gasteiger partial charge is 0.129 e. The topological polar surface area (TPSA) is 0 Å². The molecule has 0 saturated heterocycles. The minimum atomic E-state index is -1.15. The van der Waals surface area contributed by atoms with Crippen LogP contribution in [0.25, 0.3) is 0 Å². The molecule has 1 heteroatoms. The molecule has 0 fully saturated rings. The molecule has 0 aromatic heterocycles. The van der Waals surface area contributed by atoms with Crippen LogP contribution >= 0.6 is 0 Å². The Morgan fingerprint density at radius 1 is 1.07 bits per heavy atom. The Morgan fingerprint density at radius 2 is 1.79 bits per heavy atom. The molecule has 0 saturated carbocycles. The van der Waals surface area contributed by atoms with Gasteiger partial charge in [0.2, 0.25) is 0 Å². The molecule has 0 radical (unpaired) electrons. The van der Waals surface area contributed by atoms with Gasteiger partial charge >= 0.3 is 0 Å². The summed E-state index contributed by atoms with van der Waals surface area (Å²) >= 11 is 0. The van der Waals surface area contributed by atoms with E-state index in [1.54, 1.807) is 0 Å². The quantitative estimate of drug-likeness (QED) is 0.357. The van der Waals surface area contributed by atoms with Gasteiger partial charge in [0.05, 0.1) is 0 Å². The number of unbranched alkanes of at least 4 members (excludes halogenated alkanes) is 4. The summed E-state index contributed by atoms with van der Waals surface area (Å²) in [6.45, 7) is 9.06. The van der Waals surface area contributed by atoms with E-state index in [-0.39, 0.29) is 0 Å². The molecule has 0 nitrogen and oxygen atoms in total. The van der Waals surface area contributed by atoms with Crippen LogP contribution < -0.4 is 0 Å². The van der Waals surface area contributed by atoms with Crippen molar-refractivity contribution in [1.29, 1.82) is 0 Å². The van der Waals surface area contributed by atoms with E-state index in [0.29, 0.717) is 0 Å². The van der Waals surface area contributed by atoms with Crippen molar-refractivity contribution in [3.63, 3.8) is 0 Å². The molecule has 0 heterocycles. The average Bonchev–Trinajstić information content (AvgIpc) is 2.08.